The molecule has 1 aliphatic heterocycles. The zero-order valence-corrected chi connectivity index (χ0v) is 13.7. The Kier molecular flexibility index (Phi) is 5.19. The first-order valence-electron chi connectivity index (χ1n) is 7.01. The molecule has 2 heterocycles. The van der Waals surface area contributed by atoms with Gasteiger partial charge >= 0.3 is 0 Å². The van der Waals surface area contributed by atoms with Crippen LogP contribution in [0.2, 0.25) is 0 Å². The zero-order chi connectivity index (χ0) is 14.8. The molecule has 1 aromatic heterocycles. The van der Waals surface area contributed by atoms with Gasteiger partial charge in [-0.15, -0.1) is 11.3 Å². The Balaban J connectivity index is 2.10. The molecule has 1 fully saturated rings. The lowest BCUT2D eigenvalue weighted by Crippen LogP contribution is -2.51. The Morgan fingerprint density at radius 3 is 2.55 bits per heavy atom. The van der Waals surface area contributed by atoms with Crippen molar-refractivity contribution in [3.8, 4) is 0 Å². The number of piperazine rings is 1. The molecule has 1 unspecified atom stereocenters. The molecule has 1 saturated heterocycles. The number of sulfonamides is 1. The van der Waals surface area contributed by atoms with E-state index in [0.717, 1.165) is 24.4 Å². The van der Waals surface area contributed by atoms with E-state index in [2.05, 4.69) is 18.7 Å². The molecular weight excluding hydrogens is 294 g/mol. The molecule has 5 nitrogen and oxygen atoms in total. The van der Waals surface area contributed by atoms with Crippen molar-refractivity contribution in [2.45, 2.75) is 37.8 Å². The molecule has 0 saturated carbocycles. The van der Waals surface area contributed by atoms with E-state index in [1.165, 1.54) is 11.3 Å². The lowest BCUT2D eigenvalue weighted by Gasteiger charge is -2.37. The highest BCUT2D eigenvalue weighted by molar-refractivity contribution is 7.89. The van der Waals surface area contributed by atoms with Crippen LogP contribution in [-0.2, 0) is 16.6 Å². The van der Waals surface area contributed by atoms with Crippen molar-refractivity contribution < 1.29 is 8.42 Å². The molecule has 0 amide bonds. The second kappa shape index (κ2) is 6.53. The van der Waals surface area contributed by atoms with Gasteiger partial charge < -0.3 is 5.73 Å². The minimum atomic E-state index is -3.38. The van der Waals surface area contributed by atoms with E-state index in [-0.39, 0.29) is 6.54 Å². The molecule has 7 heteroatoms. The van der Waals surface area contributed by atoms with Gasteiger partial charge in [-0.2, -0.15) is 4.31 Å². The fraction of sp³-hybridized carbons (Fsp3) is 0.692. The summed E-state index contributed by atoms with van der Waals surface area (Å²) in [5.74, 6) is 0. The molecule has 1 atom stereocenters. The molecule has 0 bridgehead atoms. The Hall–Kier alpha value is -0.470. The van der Waals surface area contributed by atoms with Gasteiger partial charge in [-0.1, -0.05) is 6.92 Å². The zero-order valence-electron chi connectivity index (χ0n) is 12.1. The van der Waals surface area contributed by atoms with Crippen LogP contribution in [0.5, 0.6) is 0 Å². The number of nitrogens with two attached hydrogens (primary N) is 1. The average Bonchev–Trinajstić information content (AvgIpc) is 2.95. The number of hydrogen-bond donors (Lipinski definition) is 1. The molecule has 1 aromatic rings. The summed E-state index contributed by atoms with van der Waals surface area (Å²) in [7, 11) is -3.38. The maximum absolute atomic E-state index is 12.6. The van der Waals surface area contributed by atoms with Crippen LogP contribution >= 0.6 is 11.3 Å². The molecule has 0 spiro atoms. The Morgan fingerprint density at radius 1 is 1.35 bits per heavy atom. The molecule has 0 radical (unpaired) electrons. The van der Waals surface area contributed by atoms with Gasteiger partial charge in [0.05, 0.1) is 4.90 Å². The van der Waals surface area contributed by atoms with Crippen LogP contribution in [-0.4, -0.2) is 49.8 Å². The van der Waals surface area contributed by atoms with Crippen molar-refractivity contribution in [1.29, 1.82) is 0 Å². The lowest BCUT2D eigenvalue weighted by molar-refractivity contribution is 0.142. The van der Waals surface area contributed by atoms with E-state index in [4.69, 9.17) is 5.73 Å². The standard InChI is InChI=1S/C13H23N3O2S2/c1-3-11(2)15-5-7-16(8-6-15)20(17,18)13-4-9-19-12(13)10-14/h4,9,11H,3,5-8,10,14H2,1-2H3. The second-order valence-electron chi connectivity index (χ2n) is 5.11. The van der Waals surface area contributed by atoms with Gasteiger partial charge in [0.15, 0.2) is 0 Å². The van der Waals surface area contributed by atoms with Gasteiger partial charge in [-0.05, 0) is 24.8 Å². The van der Waals surface area contributed by atoms with Crippen LogP contribution in [0.1, 0.15) is 25.1 Å². The van der Waals surface area contributed by atoms with Crippen molar-refractivity contribution in [2.24, 2.45) is 5.73 Å². The van der Waals surface area contributed by atoms with Crippen LogP contribution in [0.15, 0.2) is 16.3 Å². The minimum absolute atomic E-state index is 0.277. The molecule has 1 aliphatic rings. The van der Waals surface area contributed by atoms with Crippen LogP contribution in [0.25, 0.3) is 0 Å². The Bertz CT molecular complexity index is 534. The third-order valence-electron chi connectivity index (χ3n) is 4.00. The van der Waals surface area contributed by atoms with E-state index >= 15 is 0 Å². The van der Waals surface area contributed by atoms with E-state index in [1.807, 2.05) is 0 Å². The first-order valence-corrected chi connectivity index (χ1v) is 9.33. The SMILES string of the molecule is CCC(C)N1CCN(S(=O)(=O)c2ccsc2CN)CC1. The number of thiophene rings is 1. The summed E-state index contributed by atoms with van der Waals surface area (Å²) in [6, 6.07) is 2.18. The van der Waals surface area contributed by atoms with E-state index in [1.54, 1.807) is 15.8 Å². The summed E-state index contributed by atoms with van der Waals surface area (Å²) in [4.78, 5) is 3.49. The highest BCUT2D eigenvalue weighted by atomic mass is 32.2. The van der Waals surface area contributed by atoms with Crippen molar-refractivity contribution in [3.63, 3.8) is 0 Å². The maximum Gasteiger partial charge on any atom is 0.244 e. The Morgan fingerprint density at radius 2 is 2.00 bits per heavy atom. The third kappa shape index (κ3) is 3.07. The fourth-order valence-electron chi connectivity index (χ4n) is 2.49. The van der Waals surface area contributed by atoms with E-state index < -0.39 is 10.0 Å². The summed E-state index contributed by atoms with van der Waals surface area (Å²) in [5.41, 5.74) is 5.62. The van der Waals surface area contributed by atoms with Gasteiger partial charge in [0.1, 0.15) is 0 Å². The summed E-state index contributed by atoms with van der Waals surface area (Å²) < 4.78 is 26.9. The highest BCUT2D eigenvalue weighted by Gasteiger charge is 2.31. The van der Waals surface area contributed by atoms with Crippen molar-refractivity contribution >= 4 is 21.4 Å². The normalized spacial score (nSPS) is 20.1. The molecule has 0 aromatic carbocycles. The van der Waals surface area contributed by atoms with E-state index in [9.17, 15) is 8.42 Å². The van der Waals surface area contributed by atoms with Crippen molar-refractivity contribution in [2.75, 3.05) is 26.2 Å². The smallest absolute Gasteiger partial charge is 0.244 e. The first kappa shape index (κ1) is 15.9. The molecule has 0 aliphatic carbocycles. The topological polar surface area (TPSA) is 66.6 Å². The quantitative estimate of drug-likeness (QED) is 0.889. The second-order valence-corrected chi connectivity index (χ2v) is 8.02. The van der Waals surface area contributed by atoms with Gasteiger partial charge in [0.2, 0.25) is 10.0 Å². The average molecular weight is 317 g/mol. The lowest BCUT2D eigenvalue weighted by atomic mass is 10.2. The monoisotopic (exact) mass is 317 g/mol. The molecule has 20 heavy (non-hydrogen) atoms. The van der Waals surface area contributed by atoms with Gasteiger partial charge in [-0.3, -0.25) is 4.90 Å². The molecular formula is C13H23N3O2S2. The molecule has 2 rings (SSSR count). The van der Waals surface area contributed by atoms with Crippen LogP contribution in [0, 0.1) is 0 Å². The van der Waals surface area contributed by atoms with Gasteiger partial charge in [-0.25, -0.2) is 8.42 Å². The number of rotatable bonds is 5. The molecule has 114 valence electrons. The summed E-state index contributed by atoms with van der Waals surface area (Å²) in [6.07, 6.45) is 1.09. The minimum Gasteiger partial charge on any atom is -0.326 e. The van der Waals surface area contributed by atoms with E-state index in [0.29, 0.717) is 24.0 Å². The van der Waals surface area contributed by atoms with Gasteiger partial charge in [0.25, 0.3) is 0 Å². The summed E-state index contributed by atoms with van der Waals surface area (Å²) >= 11 is 1.41. The highest BCUT2D eigenvalue weighted by Crippen LogP contribution is 2.25. The Labute approximate surface area is 125 Å². The van der Waals surface area contributed by atoms with Crippen LogP contribution in [0.3, 0.4) is 0 Å². The number of nitrogens with zero attached hydrogens (tertiary/aromatic N) is 2. The predicted octanol–water partition coefficient (Wildman–Crippen LogP) is 1.31. The van der Waals surface area contributed by atoms with Crippen LogP contribution in [0.4, 0.5) is 0 Å². The largest absolute Gasteiger partial charge is 0.326 e. The van der Waals surface area contributed by atoms with Crippen LogP contribution < -0.4 is 5.73 Å². The van der Waals surface area contributed by atoms with Gasteiger partial charge in [0, 0.05) is 43.6 Å². The van der Waals surface area contributed by atoms with Crippen molar-refractivity contribution in [1.82, 2.24) is 9.21 Å². The summed E-state index contributed by atoms with van der Waals surface area (Å²) in [5, 5.41) is 1.80. The summed E-state index contributed by atoms with van der Waals surface area (Å²) in [6.45, 7) is 7.35. The fourth-order valence-corrected chi connectivity index (χ4v) is 5.22. The van der Waals surface area contributed by atoms with Crippen molar-refractivity contribution in [3.05, 3.63) is 16.3 Å². The number of hydrogen-bond acceptors (Lipinski definition) is 5. The third-order valence-corrected chi connectivity index (χ3v) is 7.05. The molecule has 2 N–H and O–H groups in total. The first-order chi connectivity index (χ1) is 9.50. The maximum atomic E-state index is 12.6. The predicted molar refractivity (Wildman–Crippen MR) is 82.3 cm³/mol.